The number of ether oxygens (including phenoxy) is 1. The fraction of sp³-hybridized carbons (Fsp3) is 0.200. The summed E-state index contributed by atoms with van der Waals surface area (Å²) < 4.78 is 4.97. The highest BCUT2D eigenvalue weighted by Crippen LogP contribution is 2.28. The fourth-order valence-electron chi connectivity index (χ4n) is 2.41. The van der Waals surface area contributed by atoms with Gasteiger partial charge in [0.25, 0.3) is 5.91 Å². The zero-order valence-corrected chi connectivity index (χ0v) is 12.7. The van der Waals surface area contributed by atoms with Gasteiger partial charge in [0.15, 0.2) is 6.61 Å². The molecule has 1 aromatic heterocycles. The van der Waals surface area contributed by atoms with Gasteiger partial charge in [0, 0.05) is 18.3 Å². The molecule has 7 nitrogen and oxygen atoms in total. The highest BCUT2D eigenvalue weighted by molar-refractivity contribution is 7.17. The van der Waals surface area contributed by atoms with Crippen LogP contribution in [0.2, 0.25) is 0 Å². The number of hydrogen-bond acceptors (Lipinski definition) is 6. The van der Waals surface area contributed by atoms with Crippen molar-refractivity contribution < 1.29 is 19.2 Å². The minimum absolute atomic E-state index is 0.103. The van der Waals surface area contributed by atoms with Gasteiger partial charge < -0.3 is 9.64 Å². The summed E-state index contributed by atoms with van der Waals surface area (Å²) >= 11 is 0.723. The van der Waals surface area contributed by atoms with E-state index in [0.717, 1.165) is 29.0 Å². The summed E-state index contributed by atoms with van der Waals surface area (Å²) in [6.45, 7) is 0.166. The molecule has 0 spiro atoms. The van der Waals surface area contributed by atoms with Gasteiger partial charge in [-0.2, -0.15) is 0 Å². The summed E-state index contributed by atoms with van der Waals surface area (Å²) in [5.41, 5.74) is 1.92. The van der Waals surface area contributed by atoms with E-state index in [2.05, 4.69) is 0 Å². The van der Waals surface area contributed by atoms with E-state index in [0.29, 0.717) is 6.54 Å². The predicted octanol–water partition coefficient (Wildman–Crippen LogP) is 2.40. The molecule has 0 atom stereocenters. The van der Waals surface area contributed by atoms with Crippen molar-refractivity contribution >= 4 is 33.9 Å². The molecule has 0 saturated heterocycles. The van der Waals surface area contributed by atoms with E-state index in [1.165, 1.54) is 12.1 Å². The maximum atomic E-state index is 12.2. The lowest BCUT2D eigenvalue weighted by Crippen LogP contribution is -2.33. The van der Waals surface area contributed by atoms with Gasteiger partial charge in [0.05, 0.1) is 4.92 Å². The smallest absolute Gasteiger partial charge is 0.349 e. The summed E-state index contributed by atoms with van der Waals surface area (Å²) in [5, 5.41) is 10.5. The van der Waals surface area contributed by atoms with Crippen molar-refractivity contribution in [2.75, 3.05) is 18.1 Å². The first-order valence-corrected chi connectivity index (χ1v) is 7.67. The monoisotopic (exact) mass is 332 g/mol. The van der Waals surface area contributed by atoms with Crippen molar-refractivity contribution in [3.05, 3.63) is 57.0 Å². The second kappa shape index (κ2) is 6.17. The third kappa shape index (κ3) is 3.07. The molecule has 0 unspecified atom stereocenters. The van der Waals surface area contributed by atoms with E-state index in [4.69, 9.17) is 4.74 Å². The first kappa shape index (κ1) is 15.2. The van der Waals surface area contributed by atoms with Crippen molar-refractivity contribution in [1.29, 1.82) is 0 Å². The second-order valence-corrected chi connectivity index (χ2v) is 5.96. The molecular weight excluding hydrogens is 320 g/mol. The summed E-state index contributed by atoms with van der Waals surface area (Å²) in [5.74, 6) is -1.04. The molecule has 1 aliphatic rings. The average Bonchev–Trinajstić information content (AvgIpc) is 3.19. The molecule has 0 bridgehead atoms. The minimum atomic E-state index is -0.732. The van der Waals surface area contributed by atoms with Crippen molar-refractivity contribution in [2.24, 2.45) is 0 Å². The number of fused-ring (bicyclic) bond motifs is 1. The summed E-state index contributed by atoms with van der Waals surface area (Å²) in [7, 11) is 0. The Bertz CT molecular complexity index is 786. The number of carbonyl (C=O) groups excluding carboxylic acids is 2. The Balaban J connectivity index is 1.61. The van der Waals surface area contributed by atoms with Crippen molar-refractivity contribution in [3.63, 3.8) is 0 Å². The number of nitrogens with zero attached hydrogens (tertiary/aromatic N) is 2. The number of hydrogen-bond donors (Lipinski definition) is 0. The van der Waals surface area contributed by atoms with Crippen LogP contribution in [0.3, 0.4) is 0 Å². The number of thiophene rings is 1. The first-order chi connectivity index (χ1) is 11.1. The van der Waals surface area contributed by atoms with Crippen LogP contribution in [0.4, 0.5) is 10.7 Å². The van der Waals surface area contributed by atoms with Gasteiger partial charge in [-0.15, -0.1) is 0 Å². The molecule has 0 N–H and O–H groups in total. The van der Waals surface area contributed by atoms with Crippen LogP contribution in [-0.2, 0) is 16.0 Å². The van der Waals surface area contributed by atoms with Gasteiger partial charge in [-0.1, -0.05) is 29.5 Å². The molecule has 0 saturated carbocycles. The zero-order valence-electron chi connectivity index (χ0n) is 11.9. The SMILES string of the molecule is O=C(OCC(=O)N1CCc2ccccc21)c1ccc([N+](=O)[O-])s1. The van der Waals surface area contributed by atoms with Crippen LogP contribution in [0.1, 0.15) is 15.2 Å². The van der Waals surface area contributed by atoms with Crippen LogP contribution in [0, 0.1) is 10.1 Å². The number of nitro groups is 1. The Hall–Kier alpha value is -2.74. The Morgan fingerprint density at radius 3 is 2.78 bits per heavy atom. The van der Waals surface area contributed by atoms with Crippen LogP contribution < -0.4 is 4.90 Å². The van der Waals surface area contributed by atoms with Crippen LogP contribution >= 0.6 is 11.3 Å². The van der Waals surface area contributed by atoms with Crippen LogP contribution in [-0.4, -0.2) is 30.0 Å². The van der Waals surface area contributed by atoms with Crippen LogP contribution in [0.25, 0.3) is 0 Å². The quantitative estimate of drug-likeness (QED) is 0.487. The molecular formula is C15H12N2O5S. The van der Waals surface area contributed by atoms with Gasteiger partial charge >= 0.3 is 11.0 Å². The number of amides is 1. The Morgan fingerprint density at radius 1 is 1.26 bits per heavy atom. The number of anilines is 1. The van der Waals surface area contributed by atoms with E-state index >= 15 is 0 Å². The van der Waals surface area contributed by atoms with Crippen molar-refractivity contribution in [1.82, 2.24) is 0 Å². The summed E-state index contributed by atoms with van der Waals surface area (Å²) in [6, 6.07) is 10.1. The maximum absolute atomic E-state index is 12.2. The lowest BCUT2D eigenvalue weighted by Gasteiger charge is -2.16. The molecule has 1 amide bonds. The normalized spacial score (nSPS) is 12.8. The van der Waals surface area contributed by atoms with Gasteiger partial charge in [0.1, 0.15) is 4.88 Å². The number of rotatable bonds is 4. The molecule has 2 heterocycles. The largest absolute Gasteiger partial charge is 0.451 e. The minimum Gasteiger partial charge on any atom is -0.451 e. The van der Waals surface area contributed by atoms with Gasteiger partial charge in [-0.3, -0.25) is 14.9 Å². The lowest BCUT2D eigenvalue weighted by molar-refractivity contribution is -0.380. The number of esters is 1. The van der Waals surface area contributed by atoms with Crippen molar-refractivity contribution in [3.8, 4) is 0 Å². The highest BCUT2D eigenvalue weighted by Gasteiger charge is 2.25. The third-order valence-corrected chi connectivity index (χ3v) is 4.50. The topological polar surface area (TPSA) is 89.8 Å². The number of benzene rings is 1. The first-order valence-electron chi connectivity index (χ1n) is 6.86. The molecule has 8 heteroatoms. The standard InChI is InChI=1S/C15H12N2O5S/c18-13(16-8-7-10-3-1-2-4-11(10)16)9-22-15(19)12-5-6-14(23-12)17(20)21/h1-6H,7-9H2. The molecule has 0 fully saturated rings. The number of carbonyl (C=O) groups is 2. The highest BCUT2D eigenvalue weighted by atomic mass is 32.1. The third-order valence-electron chi connectivity index (χ3n) is 3.49. The Labute approximate surface area is 135 Å². The predicted molar refractivity (Wildman–Crippen MR) is 83.8 cm³/mol. The van der Waals surface area contributed by atoms with E-state index in [-0.39, 0.29) is 15.8 Å². The van der Waals surface area contributed by atoms with Gasteiger partial charge in [-0.25, -0.2) is 4.79 Å². The average molecular weight is 332 g/mol. The molecule has 118 valence electrons. The van der Waals surface area contributed by atoms with E-state index in [1.807, 2.05) is 24.3 Å². The molecule has 1 aliphatic heterocycles. The second-order valence-electron chi connectivity index (χ2n) is 4.90. The summed E-state index contributed by atoms with van der Waals surface area (Å²) in [4.78, 5) is 35.7. The van der Waals surface area contributed by atoms with Crippen LogP contribution in [0.5, 0.6) is 0 Å². The molecule has 0 radical (unpaired) electrons. The van der Waals surface area contributed by atoms with E-state index in [9.17, 15) is 19.7 Å². The molecule has 3 rings (SSSR count). The van der Waals surface area contributed by atoms with Gasteiger partial charge in [-0.05, 0) is 24.1 Å². The molecule has 1 aromatic carbocycles. The maximum Gasteiger partial charge on any atom is 0.349 e. The zero-order chi connectivity index (χ0) is 16.4. The summed E-state index contributed by atoms with van der Waals surface area (Å²) in [6.07, 6.45) is 0.771. The Morgan fingerprint density at radius 2 is 2.04 bits per heavy atom. The van der Waals surface area contributed by atoms with Crippen molar-refractivity contribution in [2.45, 2.75) is 6.42 Å². The fourth-order valence-corrected chi connectivity index (χ4v) is 3.12. The molecule has 0 aliphatic carbocycles. The van der Waals surface area contributed by atoms with Crippen LogP contribution in [0.15, 0.2) is 36.4 Å². The van der Waals surface area contributed by atoms with E-state index < -0.39 is 17.5 Å². The van der Waals surface area contributed by atoms with Gasteiger partial charge in [0.2, 0.25) is 0 Å². The lowest BCUT2D eigenvalue weighted by atomic mass is 10.2. The Kier molecular flexibility index (Phi) is 4.07. The number of para-hydroxylation sites is 1. The van der Waals surface area contributed by atoms with E-state index in [1.54, 1.807) is 4.90 Å². The molecule has 2 aromatic rings. The molecule has 23 heavy (non-hydrogen) atoms.